The SMILES string of the molecule is CSc1ccc(NC(=O)Cc2csc(Nc3ncccn3)n2)cc1. The molecule has 0 fully saturated rings. The number of carbonyl (C=O) groups is 1. The molecule has 0 aliphatic heterocycles. The number of benzene rings is 1. The van der Waals surface area contributed by atoms with Gasteiger partial charge in [-0.3, -0.25) is 4.79 Å². The minimum Gasteiger partial charge on any atom is -0.326 e. The van der Waals surface area contributed by atoms with Gasteiger partial charge in [0.05, 0.1) is 12.1 Å². The third-order valence-corrected chi connectivity index (χ3v) is 4.60. The monoisotopic (exact) mass is 357 g/mol. The van der Waals surface area contributed by atoms with E-state index in [1.807, 2.05) is 35.9 Å². The van der Waals surface area contributed by atoms with Crippen molar-refractivity contribution in [3.05, 3.63) is 53.8 Å². The van der Waals surface area contributed by atoms with Crippen LogP contribution in [0.2, 0.25) is 0 Å². The molecule has 8 heteroatoms. The molecule has 3 aromatic rings. The van der Waals surface area contributed by atoms with Crippen LogP contribution in [-0.4, -0.2) is 27.1 Å². The molecule has 1 aromatic carbocycles. The lowest BCUT2D eigenvalue weighted by molar-refractivity contribution is -0.115. The summed E-state index contributed by atoms with van der Waals surface area (Å²) in [6, 6.07) is 9.49. The molecular weight excluding hydrogens is 342 g/mol. The number of thiazole rings is 1. The zero-order chi connectivity index (χ0) is 16.8. The van der Waals surface area contributed by atoms with Crippen molar-refractivity contribution in [1.82, 2.24) is 15.0 Å². The molecule has 0 unspecified atom stereocenters. The normalized spacial score (nSPS) is 10.4. The Balaban J connectivity index is 1.56. The molecule has 0 aliphatic rings. The van der Waals surface area contributed by atoms with E-state index in [1.54, 1.807) is 30.2 Å². The third kappa shape index (κ3) is 4.53. The molecule has 2 N–H and O–H groups in total. The summed E-state index contributed by atoms with van der Waals surface area (Å²) in [5.41, 5.74) is 1.49. The second kappa shape index (κ2) is 7.89. The van der Waals surface area contributed by atoms with Crippen molar-refractivity contribution in [3.63, 3.8) is 0 Å². The number of nitrogens with zero attached hydrogens (tertiary/aromatic N) is 3. The van der Waals surface area contributed by atoms with Gasteiger partial charge in [-0.2, -0.15) is 0 Å². The van der Waals surface area contributed by atoms with E-state index in [0.717, 1.165) is 10.6 Å². The molecule has 0 aliphatic carbocycles. The van der Waals surface area contributed by atoms with Crippen LogP contribution in [-0.2, 0) is 11.2 Å². The number of hydrogen-bond acceptors (Lipinski definition) is 7. The van der Waals surface area contributed by atoms with Crippen LogP contribution in [0.1, 0.15) is 5.69 Å². The van der Waals surface area contributed by atoms with Gasteiger partial charge in [-0.05, 0) is 36.6 Å². The van der Waals surface area contributed by atoms with Crippen LogP contribution in [0.15, 0.2) is 53.0 Å². The van der Waals surface area contributed by atoms with Crippen molar-refractivity contribution in [2.45, 2.75) is 11.3 Å². The Morgan fingerprint density at radius 2 is 1.96 bits per heavy atom. The van der Waals surface area contributed by atoms with E-state index in [4.69, 9.17) is 0 Å². The average molecular weight is 357 g/mol. The summed E-state index contributed by atoms with van der Waals surface area (Å²) in [6.07, 6.45) is 5.54. The number of thioether (sulfide) groups is 1. The van der Waals surface area contributed by atoms with Crippen molar-refractivity contribution in [2.75, 3.05) is 16.9 Å². The molecule has 0 saturated carbocycles. The minimum absolute atomic E-state index is 0.0975. The van der Waals surface area contributed by atoms with Gasteiger partial charge in [0.2, 0.25) is 11.9 Å². The molecule has 0 spiro atoms. The van der Waals surface area contributed by atoms with E-state index in [0.29, 0.717) is 16.8 Å². The van der Waals surface area contributed by atoms with Crippen molar-refractivity contribution in [3.8, 4) is 0 Å². The Morgan fingerprint density at radius 3 is 2.67 bits per heavy atom. The molecule has 2 heterocycles. The highest BCUT2D eigenvalue weighted by Crippen LogP contribution is 2.20. The largest absolute Gasteiger partial charge is 0.326 e. The topological polar surface area (TPSA) is 79.8 Å². The lowest BCUT2D eigenvalue weighted by Crippen LogP contribution is -2.14. The van der Waals surface area contributed by atoms with Gasteiger partial charge in [0.15, 0.2) is 5.13 Å². The fourth-order valence-electron chi connectivity index (χ4n) is 1.95. The van der Waals surface area contributed by atoms with Crippen molar-refractivity contribution >= 4 is 45.8 Å². The summed E-state index contributed by atoms with van der Waals surface area (Å²) in [5, 5.41) is 8.39. The number of aromatic nitrogens is 3. The Labute approximate surface area is 147 Å². The van der Waals surface area contributed by atoms with Gasteiger partial charge in [0.25, 0.3) is 0 Å². The standard InChI is InChI=1S/C16H15N5OS2/c1-23-13-5-3-11(4-6-13)19-14(22)9-12-10-24-16(20-12)21-15-17-7-2-8-18-15/h2-8,10H,9H2,1H3,(H,19,22)(H,17,18,20,21). The van der Waals surface area contributed by atoms with Crippen LogP contribution in [0.3, 0.4) is 0 Å². The fourth-order valence-corrected chi connectivity index (χ4v) is 3.06. The highest BCUT2D eigenvalue weighted by molar-refractivity contribution is 7.98. The van der Waals surface area contributed by atoms with Crippen LogP contribution in [0, 0.1) is 0 Å². The molecule has 2 aromatic heterocycles. The first-order valence-corrected chi connectivity index (χ1v) is 9.26. The summed E-state index contributed by atoms with van der Waals surface area (Å²) < 4.78 is 0. The van der Waals surface area contributed by atoms with Gasteiger partial charge in [0, 0.05) is 28.4 Å². The summed E-state index contributed by atoms with van der Waals surface area (Å²) in [6.45, 7) is 0. The second-order valence-electron chi connectivity index (χ2n) is 4.79. The molecule has 0 atom stereocenters. The first-order chi connectivity index (χ1) is 11.7. The number of carbonyl (C=O) groups excluding carboxylic acids is 1. The summed E-state index contributed by atoms with van der Waals surface area (Å²) in [4.78, 5) is 25.8. The molecular formula is C16H15N5OS2. The van der Waals surface area contributed by atoms with E-state index in [9.17, 15) is 4.79 Å². The molecule has 24 heavy (non-hydrogen) atoms. The van der Waals surface area contributed by atoms with Crippen LogP contribution in [0.5, 0.6) is 0 Å². The van der Waals surface area contributed by atoms with Gasteiger partial charge in [-0.25, -0.2) is 15.0 Å². The van der Waals surface area contributed by atoms with Gasteiger partial charge < -0.3 is 10.6 Å². The summed E-state index contributed by atoms with van der Waals surface area (Å²) in [5.74, 6) is 0.386. The fraction of sp³-hybridized carbons (Fsp3) is 0.125. The molecule has 1 amide bonds. The van der Waals surface area contributed by atoms with Crippen molar-refractivity contribution in [1.29, 1.82) is 0 Å². The zero-order valence-electron chi connectivity index (χ0n) is 12.9. The Morgan fingerprint density at radius 1 is 1.21 bits per heavy atom. The van der Waals surface area contributed by atoms with Gasteiger partial charge >= 0.3 is 0 Å². The van der Waals surface area contributed by atoms with Gasteiger partial charge in [-0.1, -0.05) is 0 Å². The van der Waals surface area contributed by atoms with E-state index in [1.165, 1.54) is 11.3 Å². The number of anilines is 3. The van der Waals surface area contributed by atoms with Crippen molar-refractivity contribution < 1.29 is 4.79 Å². The molecule has 0 bridgehead atoms. The molecule has 6 nitrogen and oxygen atoms in total. The highest BCUT2D eigenvalue weighted by Gasteiger charge is 2.09. The Kier molecular flexibility index (Phi) is 5.39. The lowest BCUT2D eigenvalue weighted by Gasteiger charge is -2.04. The number of nitrogens with one attached hydrogen (secondary N) is 2. The lowest BCUT2D eigenvalue weighted by atomic mass is 10.3. The maximum Gasteiger partial charge on any atom is 0.230 e. The van der Waals surface area contributed by atoms with Crippen LogP contribution in [0.25, 0.3) is 0 Å². The number of amides is 1. The van der Waals surface area contributed by atoms with Crippen LogP contribution in [0.4, 0.5) is 16.8 Å². The first-order valence-electron chi connectivity index (χ1n) is 7.15. The Bertz CT molecular complexity index is 805. The van der Waals surface area contributed by atoms with Crippen molar-refractivity contribution in [2.24, 2.45) is 0 Å². The molecule has 0 saturated heterocycles. The highest BCUT2D eigenvalue weighted by atomic mass is 32.2. The predicted octanol–water partition coefficient (Wildman–Crippen LogP) is 3.58. The van der Waals surface area contributed by atoms with Gasteiger partial charge in [-0.15, -0.1) is 23.1 Å². The maximum absolute atomic E-state index is 12.1. The van der Waals surface area contributed by atoms with Crippen LogP contribution >= 0.6 is 23.1 Å². The third-order valence-electron chi connectivity index (χ3n) is 3.05. The van der Waals surface area contributed by atoms with Gasteiger partial charge in [0.1, 0.15) is 0 Å². The van der Waals surface area contributed by atoms with E-state index in [2.05, 4.69) is 25.6 Å². The summed E-state index contributed by atoms with van der Waals surface area (Å²) >= 11 is 3.08. The Hall–Kier alpha value is -2.45. The quantitative estimate of drug-likeness (QED) is 0.657. The molecule has 0 radical (unpaired) electrons. The van der Waals surface area contributed by atoms with Crippen LogP contribution < -0.4 is 10.6 Å². The minimum atomic E-state index is -0.0975. The molecule has 122 valence electrons. The van der Waals surface area contributed by atoms with E-state index < -0.39 is 0 Å². The second-order valence-corrected chi connectivity index (χ2v) is 6.53. The smallest absolute Gasteiger partial charge is 0.230 e. The number of rotatable bonds is 6. The van der Waals surface area contributed by atoms with E-state index in [-0.39, 0.29) is 12.3 Å². The average Bonchev–Trinajstić information content (AvgIpc) is 3.03. The zero-order valence-corrected chi connectivity index (χ0v) is 14.5. The maximum atomic E-state index is 12.1. The number of hydrogen-bond donors (Lipinski definition) is 2. The predicted molar refractivity (Wildman–Crippen MR) is 98.0 cm³/mol. The first kappa shape index (κ1) is 16.4. The molecule has 3 rings (SSSR count). The summed E-state index contributed by atoms with van der Waals surface area (Å²) in [7, 11) is 0. The van der Waals surface area contributed by atoms with E-state index >= 15 is 0 Å².